The molecule has 0 atom stereocenters. The van der Waals surface area contributed by atoms with E-state index in [0.29, 0.717) is 8.39 Å². The van der Waals surface area contributed by atoms with Gasteiger partial charge in [-0.3, -0.25) is 10.3 Å². The van der Waals surface area contributed by atoms with E-state index in [1.807, 2.05) is 6.92 Å². The molecule has 0 bridgehead atoms. The Kier molecular flexibility index (Phi) is 5.89. The summed E-state index contributed by atoms with van der Waals surface area (Å²) in [6.45, 7) is 1.89. The van der Waals surface area contributed by atoms with Crippen LogP contribution in [0, 0.1) is 5.92 Å². The summed E-state index contributed by atoms with van der Waals surface area (Å²) in [6, 6.07) is 0. The lowest BCUT2D eigenvalue weighted by Crippen LogP contribution is -2.15. The molecular formula is C4H8N2S4. The summed E-state index contributed by atoms with van der Waals surface area (Å²) in [6.07, 6.45) is 0. The first-order valence-corrected chi connectivity index (χ1v) is 5.02. The number of hydrogen-bond acceptors (Lipinski definition) is 6. The van der Waals surface area contributed by atoms with Crippen LogP contribution < -0.4 is 10.3 Å². The molecule has 0 radical (unpaired) electrons. The van der Waals surface area contributed by atoms with Gasteiger partial charge < -0.3 is 0 Å². The Morgan fingerprint density at radius 1 is 1.20 bits per heavy atom. The van der Waals surface area contributed by atoms with Gasteiger partial charge in [-0.2, -0.15) is 0 Å². The van der Waals surface area contributed by atoms with Crippen LogP contribution in [0.25, 0.3) is 0 Å². The lowest BCUT2D eigenvalue weighted by molar-refractivity contribution is 1.14. The van der Waals surface area contributed by atoms with Crippen molar-refractivity contribution in [3.8, 4) is 0 Å². The monoisotopic (exact) mass is 212 g/mol. The van der Waals surface area contributed by atoms with Crippen molar-refractivity contribution in [2.45, 2.75) is 6.92 Å². The highest BCUT2D eigenvalue weighted by molar-refractivity contribution is 8.24. The summed E-state index contributed by atoms with van der Waals surface area (Å²) < 4.78 is 1.37. The minimum Gasteiger partial charge on any atom is -0.273 e. The third-order valence-electron chi connectivity index (χ3n) is 0.939. The van der Waals surface area contributed by atoms with Gasteiger partial charge >= 0.3 is 0 Å². The molecule has 0 aromatic heterocycles. The molecule has 0 saturated heterocycles. The van der Waals surface area contributed by atoms with Crippen LogP contribution >= 0.6 is 48.3 Å². The Bertz CT molecular complexity index is 130. The predicted molar refractivity (Wildman–Crippen MR) is 57.9 cm³/mol. The molecule has 4 N–H and O–H groups in total. The number of thiocarbonyl (C=S) groups is 2. The first-order valence-electron chi connectivity index (χ1n) is 2.44. The lowest BCUT2D eigenvalue weighted by Gasteiger charge is -2.08. The van der Waals surface area contributed by atoms with Crippen LogP contribution in [0.2, 0.25) is 0 Å². The third-order valence-corrected chi connectivity index (χ3v) is 3.40. The summed E-state index contributed by atoms with van der Waals surface area (Å²) in [4.78, 5) is 0. The molecule has 0 aliphatic carbocycles. The van der Waals surface area contributed by atoms with Gasteiger partial charge in [-0.05, 0) is 23.9 Å². The molecule has 10 heavy (non-hydrogen) atoms. The molecule has 0 amide bonds. The number of rotatable bonds is 2. The molecule has 0 aromatic rings. The zero-order valence-corrected chi connectivity index (χ0v) is 8.63. The molecule has 0 aromatic carbocycles. The van der Waals surface area contributed by atoms with E-state index in [2.05, 4.69) is 0 Å². The van der Waals surface area contributed by atoms with E-state index in [4.69, 9.17) is 34.7 Å². The average Bonchev–Trinajstić information content (AvgIpc) is 2.00. The Balaban J connectivity index is 3.94. The molecule has 0 aliphatic rings. The maximum absolute atomic E-state index is 5.23. The van der Waals surface area contributed by atoms with Crippen molar-refractivity contribution >= 4 is 56.7 Å². The molecule has 0 rings (SSSR count). The fourth-order valence-electron chi connectivity index (χ4n) is 0.300. The zero-order valence-electron chi connectivity index (χ0n) is 5.37. The molecule has 0 fully saturated rings. The Hall–Kier alpha value is 0.800. The highest BCUT2D eigenvalue weighted by Crippen LogP contribution is 2.14. The molecule has 0 aliphatic heterocycles. The minimum absolute atomic E-state index is 0.0370. The second-order valence-corrected chi connectivity index (χ2v) is 4.34. The van der Waals surface area contributed by atoms with Crippen LogP contribution in [-0.4, -0.2) is 8.39 Å². The summed E-state index contributed by atoms with van der Waals surface area (Å²) in [5.74, 6) is 0.0370. The van der Waals surface area contributed by atoms with Crippen molar-refractivity contribution in [1.82, 2.24) is 0 Å². The van der Waals surface area contributed by atoms with Gasteiger partial charge in [0.1, 0.15) is 0 Å². The highest BCUT2D eigenvalue weighted by atomic mass is 32.2. The van der Waals surface area contributed by atoms with E-state index >= 15 is 0 Å². The Morgan fingerprint density at radius 3 is 1.70 bits per heavy atom. The molecule has 0 saturated carbocycles. The summed E-state index contributed by atoms with van der Waals surface area (Å²) in [5, 5.41) is 10.5. The van der Waals surface area contributed by atoms with Crippen LogP contribution in [0.5, 0.6) is 0 Å². The van der Waals surface area contributed by atoms with Crippen molar-refractivity contribution < 1.29 is 0 Å². The van der Waals surface area contributed by atoms with E-state index in [-0.39, 0.29) is 5.92 Å². The number of nitrogens with two attached hydrogens (primary N) is 2. The zero-order chi connectivity index (χ0) is 8.15. The minimum atomic E-state index is 0.0370. The summed E-state index contributed by atoms with van der Waals surface area (Å²) in [7, 11) is 0. The molecule has 2 nitrogen and oxygen atoms in total. The second kappa shape index (κ2) is 5.45. The first-order chi connectivity index (χ1) is 4.63. The Morgan fingerprint density at radius 2 is 1.50 bits per heavy atom. The quantitative estimate of drug-likeness (QED) is 0.534. The molecular weight excluding hydrogens is 204 g/mol. The van der Waals surface area contributed by atoms with E-state index < -0.39 is 0 Å². The molecule has 0 heterocycles. The van der Waals surface area contributed by atoms with Crippen molar-refractivity contribution in [1.29, 1.82) is 0 Å². The fourth-order valence-corrected chi connectivity index (χ4v) is 1.48. The standard InChI is InChI=1S/C4H8N2S4/c1-2(3(7)9-5)4(8)10-6/h2H,5-6H2,1H3. The van der Waals surface area contributed by atoms with Crippen molar-refractivity contribution in [2.75, 3.05) is 0 Å². The van der Waals surface area contributed by atoms with Crippen LogP contribution in [0.4, 0.5) is 0 Å². The number of hydrogen-bond donors (Lipinski definition) is 2. The van der Waals surface area contributed by atoms with Crippen LogP contribution in [0.1, 0.15) is 6.92 Å². The van der Waals surface area contributed by atoms with Crippen molar-refractivity contribution in [3.63, 3.8) is 0 Å². The second-order valence-electron chi connectivity index (χ2n) is 1.60. The van der Waals surface area contributed by atoms with Crippen molar-refractivity contribution in [2.24, 2.45) is 16.2 Å². The molecule has 0 spiro atoms. The van der Waals surface area contributed by atoms with E-state index in [0.717, 1.165) is 23.9 Å². The molecule has 0 unspecified atom stereocenters. The Labute approximate surface area is 79.7 Å². The summed E-state index contributed by atoms with van der Waals surface area (Å²) >= 11 is 11.9. The average molecular weight is 212 g/mol. The van der Waals surface area contributed by atoms with Crippen molar-refractivity contribution in [3.05, 3.63) is 0 Å². The van der Waals surface area contributed by atoms with Gasteiger partial charge in [0.2, 0.25) is 0 Å². The lowest BCUT2D eigenvalue weighted by atomic mass is 10.3. The molecule has 58 valence electrons. The maximum Gasteiger partial charge on any atom is 0.0716 e. The van der Waals surface area contributed by atoms with Gasteiger partial charge in [0.25, 0.3) is 0 Å². The van der Waals surface area contributed by atoms with E-state index in [9.17, 15) is 0 Å². The van der Waals surface area contributed by atoms with Crippen LogP contribution in [0.3, 0.4) is 0 Å². The van der Waals surface area contributed by atoms with Gasteiger partial charge in [0.15, 0.2) is 0 Å². The SMILES string of the molecule is CC(C(=S)SN)C(=S)SN. The van der Waals surface area contributed by atoms with E-state index in [1.165, 1.54) is 0 Å². The predicted octanol–water partition coefficient (Wildman–Crippen LogP) is 1.49. The van der Waals surface area contributed by atoms with Gasteiger partial charge in [0, 0.05) is 5.92 Å². The molecule has 6 heteroatoms. The van der Waals surface area contributed by atoms with Crippen LogP contribution in [-0.2, 0) is 0 Å². The third kappa shape index (κ3) is 3.27. The smallest absolute Gasteiger partial charge is 0.0716 e. The maximum atomic E-state index is 5.23. The normalized spacial score (nSPS) is 10.0. The highest BCUT2D eigenvalue weighted by Gasteiger charge is 2.12. The van der Waals surface area contributed by atoms with Gasteiger partial charge in [0.05, 0.1) is 8.39 Å². The van der Waals surface area contributed by atoms with E-state index in [1.54, 1.807) is 0 Å². The topological polar surface area (TPSA) is 52.0 Å². The fraction of sp³-hybridized carbons (Fsp3) is 0.500. The largest absolute Gasteiger partial charge is 0.273 e. The van der Waals surface area contributed by atoms with Gasteiger partial charge in [-0.25, -0.2) is 0 Å². The van der Waals surface area contributed by atoms with Gasteiger partial charge in [-0.1, -0.05) is 31.4 Å². The first kappa shape index (κ1) is 10.8. The van der Waals surface area contributed by atoms with Gasteiger partial charge in [-0.15, -0.1) is 0 Å². The van der Waals surface area contributed by atoms with Crippen LogP contribution in [0.15, 0.2) is 0 Å². The summed E-state index contributed by atoms with van der Waals surface area (Å²) in [5.41, 5.74) is 0.